The van der Waals surface area contributed by atoms with E-state index in [9.17, 15) is 14.9 Å². The van der Waals surface area contributed by atoms with Crippen LogP contribution in [0, 0.1) is 11.3 Å². The lowest BCUT2D eigenvalue weighted by molar-refractivity contribution is -0.139. The Hall–Kier alpha value is -4.62. The van der Waals surface area contributed by atoms with E-state index in [-0.39, 0.29) is 22.7 Å². The van der Waals surface area contributed by atoms with Crippen molar-refractivity contribution in [3.63, 3.8) is 0 Å². The number of nitrogens with zero attached hydrogens (tertiary/aromatic N) is 3. The number of hydrogen-bond donors (Lipinski definition) is 1. The first-order chi connectivity index (χ1) is 17.5. The summed E-state index contributed by atoms with van der Waals surface area (Å²) in [5.74, 6) is -1.95. The fraction of sp³-hybridized carbons (Fsp3) is 0.154. The van der Waals surface area contributed by atoms with Gasteiger partial charge in [-0.2, -0.15) is 5.26 Å². The predicted octanol–water partition coefficient (Wildman–Crippen LogP) is 3.62. The summed E-state index contributed by atoms with van der Waals surface area (Å²) in [6, 6.07) is 17.7. The summed E-state index contributed by atoms with van der Waals surface area (Å²) < 4.78 is 15.8. The smallest absolute Gasteiger partial charge is 0.355 e. The van der Waals surface area contributed by atoms with E-state index in [2.05, 4.69) is 11.1 Å². The van der Waals surface area contributed by atoms with Crippen molar-refractivity contribution in [1.82, 2.24) is 4.98 Å². The molecule has 1 aliphatic rings. The Morgan fingerprint density at radius 1 is 1.08 bits per heavy atom. The summed E-state index contributed by atoms with van der Waals surface area (Å²) in [6.07, 6.45) is 1.70. The molecule has 0 saturated heterocycles. The molecule has 2 N–H and O–H groups in total. The second-order valence-corrected chi connectivity index (χ2v) is 8.52. The van der Waals surface area contributed by atoms with Crippen LogP contribution in [0.25, 0.3) is 0 Å². The van der Waals surface area contributed by atoms with Crippen LogP contribution >= 0.6 is 11.3 Å². The van der Waals surface area contributed by atoms with Crippen LogP contribution < -0.4 is 15.4 Å². The number of nitrogens with two attached hydrogens (primary N) is 1. The minimum absolute atomic E-state index is 0.00383. The fourth-order valence-electron chi connectivity index (χ4n) is 3.94. The summed E-state index contributed by atoms with van der Waals surface area (Å²) in [5, 5.41) is 12.8. The molecule has 0 radical (unpaired) electrons. The molecule has 0 saturated carbocycles. The minimum Gasteiger partial charge on any atom is -0.486 e. The van der Waals surface area contributed by atoms with E-state index in [0.29, 0.717) is 23.6 Å². The Morgan fingerprint density at radius 3 is 2.36 bits per heavy atom. The lowest BCUT2D eigenvalue weighted by atomic mass is 9.81. The van der Waals surface area contributed by atoms with E-state index >= 15 is 0 Å². The van der Waals surface area contributed by atoms with Gasteiger partial charge in [0.1, 0.15) is 28.9 Å². The molecule has 0 amide bonds. The van der Waals surface area contributed by atoms with Gasteiger partial charge in [0.15, 0.2) is 0 Å². The van der Waals surface area contributed by atoms with Crippen molar-refractivity contribution in [2.75, 3.05) is 19.1 Å². The Bertz CT molecular complexity index is 1360. The van der Waals surface area contributed by atoms with Gasteiger partial charge in [0.25, 0.3) is 0 Å². The van der Waals surface area contributed by atoms with Gasteiger partial charge in [0.05, 0.1) is 37.4 Å². The number of rotatable bonds is 7. The molecular weight excluding hydrogens is 480 g/mol. The highest BCUT2D eigenvalue weighted by atomic mass is 32.1. The number of hydrogen-bond acceptors (Lipinski definition) is 10. The molecular formula is C26H22N4O5S. The summed E-state index contributed by atoms with van der Waals surface area (Å²) in [4.78, 5) is 31.7. The SMILES string of the molecule is COC(=O)C1=C(C(=O)OC)N(c2ccc(OCc3nccs3)cc2)C(N)=C(C#N)C1c1ccccc1. The number of methoxy groups -OCH3 is 2. The molecule has 0 fully saturated rings. The van der Waals surface area contributed by atoms with Crippen LogP contribution in [0.15, 0.2) is 88.8 Å². The number of nitriles is 1. The van der Waals surface area contributed by atoms with Crippen molar-refractivity contribution in [2.24, 2.45) is 5.73 Å². The summed E-state index contributed by atoms with van der Waals surface area (Å²) in [7, 11) is 2.41. The van der Waals surface area contributed by atoms with Crippen molar-refractivity contribution >= 4 is 29.0 Å². The van der Waals surface area contributed by atoms with Crippen LogP contribution in [0.2, 0.25) is 0 Å². The molecule has 1 atom stereocenters. The molecule has 1 aliphatic heterocycles. The maximum Gasteiger partial charge on any atom is 0.355 e. The molecule has 182 valence electrons. The molecule has 10 heteroatoms. The molecule has 36 heavy (non-hydrogen) atoms. The Morgan fingerprint density at radius 2 is 1.78 bits per heavy atom. The molecule has 4 rings (SSSR count). The van der Waals surface area contributed by atoms with Crippen molar-refractivity contribution in [1.29, 1.82) is 5.26 Å². The van der Waals surface area contributed by atoms with E-state index in [0.717, 1.165) is 5.01 Å². The minimum atomic E-state index is -0.921. The third-order valence-corrected chi connectivity index (χ3v) is 6.30. The lowest BCUT2D eigenvalue weighted by Gasteiger charge is -2.35. The van der Waals surface area contributed by atoms with E-state index in [1.54, 1.807) is 60.8 Å². The highest BCUT2D eigenvalue weighted by Crippen LogP contribution is 2.43. The normalized spacial score (nSPS) is 15.4. The van der Waals surface area contributed by atoms with Gasteiger partial charge in [-0.15, -0.1) is 11.3 Å². The lowest BCUT2D eigenvalue weighted by Crippen LogP contribution is -2.40. The number of esters is 2. The maximum absolute atomic E-state index is 13.1. The zero-order chi connectivity index (χ0) is 25.7. The van der Waals surface area contributed by atoms with Gasteiger partial charge >= 0.3 is 11.9 Å². The Balaban J connectivity index is 1.83. The predicted molar refractivity (Wildman–Crippen MR) is 132 cm³/mol. The molecule has 0 spiro atoms. The van der Waals surface area contributed by atoms with Crippen molar-refractivity contribution in [2.45, 2.75) is 12.5 Å². The van der Waals surface area contributed by atoms with Gasteiger partial charge in [0.2, 0.25) is 0 Å². The van der Waals surface area contributed by atoms with E-state index in [4.69, 9.17) is 19.9 Å². The van der Waals surface area contributed by atoms with Crippen LogP contribution in [-0.4, -0.2) is 31.1 Å². The first-order valence-corrected chi connectivity index (χ1v) is 11.6. The van der Waals surface area contributed by atoms with Crippen molar-refractivity contribution < 1.29 is 23.8 Å². The van der Waals surface area contributed by atoms with Crippen LogP contribution in [-0.2, 0) is 25.7 Å². The summed E-state index contributed by atoms with van der Waals surface area (Å²) in [6.45, 7) is 0.305. The number of carbonyl (C=O) groups is 2. The van der Waals surface area contributed by atoms with E-state index in [1.165, 1.54) is 30.5 Å². The third kappa shape index (κ3) is 4.64. The molecule has 2 heterocycles. The first kappa shape index (κ1) is 24.5. The quantitative estimate of drug-likeness (QED) is 0.482. The van der Waals surface area contributed by atoms with Gasteiger partial charge in [-0.25, -0.2) is 14.6 Å². The van der Waals surface area contributed by atoms with E-state index < -0.39 is 17.9 Å². The Labute approximate surface area is 211 Å². The standard InChI is InChI=1S/C26H22N4O5S/c1-33-25(31)22-21(16-6-4-3-5-7-16)19(14-27)24(28)30(23(22)26(32)34-2)17-8-10-18(11-9-17)35-15-20-29-12-13-36-20/h3-13,21H,15,28H2,1-2H3. The number of benzene rings is 2. The largest absolute Gasteiger partial charge is 0.486 e. The third-order valence-electron chi connectivity index (χ3n) is 5.55. The van der Waals surface area contributed by atoms with Crippen LogP contribution in [0.3, 0.4) is 0 Å². The Kier molecular flexibility index (Phi) is 7.32. The van der Waals surface area contributed by atoms with Gasteiger partial charge < -0.3 is 19.9 Å². The summed E-state index contributed by atoms with van der Waals surface area (Å²) >= 11 is 1.48. The topological polar surface area (TPSA) is 128 Å². The van der Waals surface area contributed by atoms with Gasteiger partial charge in [-0.05, 0) is 29.8 Å². The average molecular weight is 503 g/mol. The number of aromatic nitrogens is 1. The first-order valence-electron chi connectivity index (χ1n) is 10.8. The van der Waals surface area contributed by atoms with Gasteiger partial charge in [-0.1, -0.05) is 30.3 Å². The highest BCUT2D eigenvalue weighted by molar-refractivity contribution is 7.09. The van der Waals surface area contributed by atoms with Crippen LogP contribution in [0.4, 0.5) is 5.69 Å². The molecule has 3 aromatic rings. The maximum atomic E-state index is 13.1. The zero-order valence-electron chi connectivity index (χ0n) is 19.5. The van der Waals surface area contributed by atoms with Crippen molar-refractivity contribution in [3.8, 4) is 11.8 Å². The molecule has 1 unspecified atom stereocenters. The fourth-order valence-corrected chi connectivity index (χ4v) is 4.47. The molecule has 0 aliphatic carbocycles. The van der Waals surface area contributed by atoms with Crippen molar-refractivity contribution in [3.05, 3.63) is 99.4 Å². The van der Waals surface area contributed by atoms with Crippen LogP contribution in [0.1, 0.15) is 16.5 Å². The molecule has 9 nitrogen and oxygen atoms in total. The second kappa shape index (κ2) is 10.8. The second-order valence-electron chi connectivity index (χ2n) is 7.54. The molecule has 0 bridgehead atoms. The molecule has 1 aromatic heterocycles. The number of allylic oxidation sites excluding steroid dienone is 1. The van der Waals surface area contributed by atoms with Crippen LogP contribution in [0.5, 0.6) is 5.75 Å². The van der Waals surface area contributed by atoms with Gasteiger partial charge in [0, 0.05) is 17.3 Å². The monoisotopic (exact) mass is 502 g/mol. The van der Waals surface area contributed by atoms with Gasteiger partial charge in [-0.3, -0.25) is 4.90 Å². The number of carbonyl (C=O) groups excluding carboxylic acids is 2. The average Bonchev–Trinajstić information content (AvgIpc) is 3.45. The highest BCUT2D eigenvalue weighted by Gasteiger charge is 2.42. The molecule has 2 aromatic carbocycles. The number of thiazole rings is 1. The number of anilines is 1. The summed E-state index contributed by atoms with van der Waals surface area (Å²) in [5.41, 5.74) is 7.43. The number of ether oxygens (including phenoxy) is 3. The van der Waals surface area contributed by atoms with E-state index in [1.807, 2.05) is 5.38 Å². The zero-order valence-corrected chi connectivity index (χ0v) is 20.3.